The molecule has 2 unspecified atom stereocenters. The highest BCUT2D eigenvalue weighted by Gasteiger charge is 2.29. The van der Waals surface area contributed by atoms with Crippen LogP contribution in [0.5, 0.6) is 5.75 Å². The lowest BCUT2D eigenvalue weighted by atomic mass is 10.0. The summed E-state index contributed by atoms with van der Waals surface area (Å²) in [5.41, 5.74) is 6.20. The van der Waals surface area contributed by atoms with E-state index in [1.165, 1.54) is 6.07 Å². The molecule has 2 atom stereocenters. The topological polar surface area (TPSA) is 66.6 Å². The van der Waals surface area contributed by atoms with E-state index in [1.807, 2.05) is 6.92 Å². The lowest BCUT2D eigenvalue weighted by molar-refractivity contribution is 0.0783. The van der Waals surface area contributed by atoms with Crippen LogP contribution in [0.15, 0.2) is 22.7 Å². The molecule has 3 N–H and O–H groups in total. The van der Waals surface area contributed by atoms with Gasteiger partial charge in [-0.2, -0.15) is 0 Å². The van der Waals surface area contributed by atoms with Crippen LogP contribution in [0.4, 0.5) is 0 Å². The highest BCUT2D eigenvalue weighted by molar-refractivity contribution is 9.10. The predicted molar refractivity (Wildman–Crippen MR) is 73.5 cm³/mol. The van der Waals surface area contributed by atoms with Gasteiger partial charge < -0.3 is 15.7 Å². The molecule has 0 spiro atoms. The van der Waals surface area contributed by atoms with Crippen LogP contribution in [0.2, 0.25) is 0 Å². The highest BCUT2D eigenvalue weighted by Crippen LogP contribution is 2.26. The summed E-state index contributed by atoms with van der Waals surface area (Å²) < 4.78 is 0.784. The molecule has 4 nitrogen and oxygen atoms in total. The Hall–Kier alpha value is -1.07. The number of carbonyl (C=O) groups excluding carboxylic acids is 1. The minimum atomic E-state index is -0.128. The Morgan fingerprint density at radius 3 is 2.94 bits per heavy atom. The minimum absolute atomic E-state index is 0.0208. The molecule has 98 valence electrons. The molecular formula is C13H17BrN2O2. The average Bonchev–Trinajstić information content (AvgIpc) is 2.81. The molecule has 0 aromatic heterocycles. The molecule has 2 rings (SSSR count). The number of phenolic OH excluding ortho intramolecular Hbond substituents is 1. The summed E-state index contributed by atoms with van der Waals surface area (Å²) in [5.74, 6) is 0.243. The van der Waals surface area contributed by atoms with Gasteiger partial charge in [0.15, 0.2) is 0 Å². The zero-order chi connectivity index (χ0) is 13.3. The summed E-state index contributed by atoms with van der Waals surface area (Å²) in [6.45, 7) is 3.34. The quantitative estimate of drug-likeness (QED) is 0.877. The number of benzene rings is 1. The lowest BCUT2D eigenvalue weighted by Crippen LogP contribution is -2.33. The van der Waals surface area contributed by atoms with Crippen molar-refractivity contribution in [1.82, 2.24) is 4.90 Å². The van der Waals surface area contributed by atoms with Crippen LogP contribution in [0, 0.1) is 5.92 Å². The second-order valence-corrected chi connectivity index (χ2v) is 5.74. The summed E-state index contributed by atoms with van der Waals surface area (Å²) in [7, 11) is 0. The van der Waals surface area contributed by atoms with Gasteiger partial charge in [-0.25, -0.2) is 0 Å². The molecule has 0 aliphatic carbocycles. The van der Waals surface area contributed by atoms with Crippen molar-refractivity contribution in [3.63, 3.8) is 0 Å². The fourth-order valence-electron chi connectivity index (χ4n) is 2.25. The van der Waals surface area contributed by atoms with Crippen LogP contribution >= 0.6 is 15.9 Å². The number of hydrogen-bond acceptors (Lipinski definition) is 3. The maximum atomic E-state index is 12.3. The molecule has 1 saturated heterocycles. The van der Waals surface area contributed by atoms with Gasteiger partial charge in [-0.05, 0) is 37.5 Å². The predicted octanol–water partition coefficient (Wildman–Crippen LogP) is 1.96. The van der Waals surface area contributed by atoms with Crippen molar-refractivity contribution < 1.29 is 9.90 Å². The summed E-state index contributed by atoms with van der Waals surface area (Å²) in [4.78, 5) is 14.1. The summed E-state index contributed by atoms with van der Waals surface area (Å²) >= 11 is 3.31. The molecule has 0 saturated carbocycles. The molecule has 1 fully saturated rings. The van der Waals surface area contributed by atoms with Crippen molar-refractivity contribution >= 4 is 21.8 Å². The van der Waals surface area contributed by atoms with E-state index in [0.717, 1.165) is 10.9 Å². The third-order valence-corrected chi connectivity index (χ3v) is 3.94. The van der Waals surface area contributed by atoms with Gasteiger partial charge in [0, 0.05) is 23.6 Å². The number of phenols is 1. The summed E-state index contributed by atoms with van der Waals surface area (Å²) in [6.07, 6.45) is 0.929. The number of halogens is 1. The Labute approximate surface area is 115 Å². The van der Waals surface area contributed by atoms with Crippen LogP contribution < -0.4 is 5.73 Å². The average molecular weight is 313 g/mol. The van der Waals surface area contributed by atoms with Crippen molar-refractivity contribution in [2.75, 3.05) is 13.1 Å². The van der Waals surface area contributed by atoms with Crippen LogP contribution in [0.1, 0.15) is 23.7 Å². The first kappa shape index (κ1) is 13.4. The Bertz CT molecular complexity index is 462. The highest BCUT2D eigenvalue weighted by atomic mass is 79.9. The summed E-state index contributed by atoms with van der Waals surface area (Å²) in [5, 5.41) is 9.75. The number of carbonyl (C=O) groups is 1. The van der Waals surface area contributed by atoms with E-state index in [4.69, 9.17) is 5.73 Å². The van der Waals surface area contributed by atoms with Gasteiger partial charge in [0.1, 0.15) is 5.75 Å². The molecule has 1 heterocycles. The van der Waals surface area contributed by atoms with E-state index >= 15 is 0 Å². The van der Waals surface area contributed by atoms with E-state index in [2.05, 4.69) is 15.9 Å². The van der Waals surface area contributed by atoms with Gasteiger partial charge in [0.2, 0.25) is 0 Å². The molecular weight excluding hydrogens is 296 g/mol. The Kier molecular flexibility index (Phi) is 3.92. The molecule has 18 heavy (non-hydrogen) atoms. The number of amides is 1. The lowest BCUT2D eigenvalue weighted by Gasteiger charge is -2.18. The van der Waals surface area contributed by atoms with Gasteiger partial charge in [-0.1, -0.05) is 15.9 Å². The first-order valence-electron chi connectivity index (χ1n) is 6.02. The molecule has 5 heteroatoms. The van der Waals surface area contributed by atoms with Gasteiger partial charge in [0.05, 0.1) is 5.56 Å². The molecule has 1 aromatic rings. The Morgan fingerprint density at radius 1 is 1.61 bits per heavy atom. The van der Waals surface area contributed by atoms with Gasteiger partial charge in [-0.15, -0.1) is 0 Å². The number of rotatable bonds is 2. The SMILES string of the molecule is CC(N)C1CCN(C(=O)c2cc(Br)ccc2O)C1. The molecule has 0 radical (unpaired) electrons. The second-order valence-electron chi connectivity index (χ2n) is 4.82. The van der Waals surface area contributed by atoms with Crippen LogP contribution in [-0.2, 0) is 0 Å². The normalized spacial score (nSPS) is 21.1. The van der Waals surface area contributed by atoms with Crippen molar-refractivity contribution in [1.29, 1.82) is 0 Å². The van der Waals surface area contributed by atoms with Crippen LogP contribution in [0.3, 0.4) is 0 Å². The largest absolute Gasteiger partial charge is 0.507 e. The molecule has 1 aliphatic heterocycles. The van der Waals surface area contributed by atoms with E-state index in [-0.39, 0.29) is 17.7 Å². The number of aromatic hydroxyl groups is 1. The van der Waals surface area contributed by atoms with Crippen molar-refractivity contribution in [3.8, 4) is 5.75 Å². The van der Waals surface area contributed by atoms with Crippen molar-refractivity contribution in [2.45, 2.75) is 19.4 Å². The molecule has 1 amide bonds. The van der Waals surface area contributed by atoms with E-state index in [9.17, 15) is 9.90 Å². The third kappa shape index (κ3) is 2.67. The first-order chi connectivity index (χ1) is 8.49. The van der Waals surface area contributed by atoms with Gasteiger partial charge in [-0.3, -0.25) is 4.79 Å². The zero-order valence-electron chi connectivity index (χ0n) is 10.3. The molecule has 1 aliphatic rings. The number of likely N-dealkylation sites (tertiary alicyclic amines) is 1. The molecule has 0 bridgehead atoms. The fraction of sp³-hybridized carbons (Fsp3) is 0.462. The van der Waals surface area contributed by atoms with Crippen LogP contribution in [0.25, 0.3) is 0 Å². The smallest absolute Gasteiger partial charge is 0.257 e. The van der Waals surface area contributed by atoms with Gasteiger partial charge >= 0.3 is 0 Å². The zero-order valence-corrected chi connectivity index (χ0v) is 11.9. The number of nitrogens with two attached hydrogens (primary N) is 1. The summed E-state index contributed by atoms with van der Waals surface area (Å²) in [6, 6.07) is 4.98. The fourth-order valence-corrected chi connectivity index (χ4v) is 2.61. The maximum absolute atomic E-state index is 12.3. The van der Waals surface area contributed by atoms with E-state index in [1.54, 1.807) is 17.0 Å². The minimum Gasteiger partial charge on any atom is -0.507 e. The van der Waals surface area contributed by atoms with Crippen LogP contribution in [-0.4, -0.2) is 35.0 Å². The third-order valence-electron chi connectivity index (χ3n) is 3.44. The van der Waals surface area contributed by atoms with E-state index in [0.29, 0.717) is 24.6 Å². The van der Waals surface area contributed by atoms with Crippen molar-refractivity contribution in [3.05, 3.63) is 28.2 Å². The number of nitrogens with zero attached hydrogens (tertiary/aromatic N) is 1. The maximum Gasteiger partial charge on any atom is 0.257 e. The monoisotopic (exact) mass is 312 g/mol. The molecule has 1 aromatic carbocycles. The standard InChI is InChI=1S/C13H17BrN2O2/c1-8(15)9-4-5-16(7-9)13(18)11-6-10(14)2-3-12(11)17/h2-3,6,8-9,17H,4-5,7,15H2,1H3. The Balaban J connectivity index is 2.15. The second kappa shape index (κ2) is 5.28. The Morgan fingerprint density at radius 2 is 2.33 bits per heavy atom. The van der Waals surface area contributed by atoms with Gasteiger partial charge in [0.25, 0.3) is 5.91 Å². The number of hydrogen-bond donors (Lipinski definition) is 2. The van der Waals surface area contributed by atoms with Crippen molar-refractivity contribution in [2.24, 2.45) is 11.7 Å². The first-order valence-corrected chi connectivity index (χ1v) is 6.81. The van der Waals surface area contributed by atoms with E-state index < -0.39 is 0 Å².